The summed E-state index contributed by atoms with van der Waals surface area (Å²) in [6.07, 6.45) is 0. The van der Waals surface area contributed by atoms with Crippen LogP contribution in [0.5, 0.6) is 0 Å². The molecule has 4 aromatic carbocycles. The molecule has 0 aliphatic carbocycles. The molecule has 0 amide bonds. The van der Waals surface area contributed by atoms with E-state index in [2.05, 4.69) is 128 Å². The number of nitrogens with zero attached hydrogens (tertiary/aromatic N) is 1. The summed E-state index contributed by atoms with van der Waals surface area (Å²) in [6, 6.07) is 33.3. The first kappa shape index (κ1) is 19.9. The lowest BCUT2D eigenvalue weighted by molar-refractivity contribution is 0.474. The summed E-state index contributed by atoms with van der Waals surface area (Å²) < 4.78 is 2.40. The second kappa shape index (κ2) is 7.11. The summed E-state index contributed by atoms with van der Waals surface area (Å²) in [7, 11) is 0. The molecule has 1 N–H and O–H groups in total. The Morgan fingerprint density at radius 1 is 0.818 bits per heavy atom. The van der Waals surface area contributed by atoms with Gasteiger partial charge in [0.2, 0.25) is 0 Å². The van der Waals surface area contributed by atoms with Crippen LogP contribution in [0.25, 0.3) is 33.1 Å². The van der Waals surface area contributed by atoms with Crippen LogP contribution in [0.2, 0.25) is 0 Å². The molecule has 0 saturated heterocycles. The minimum Gasteiger partial charge on any atom is -0.377 e. The van der Waals surface area contributed by atoms with Crippen LogP contribution in [0, 0.1) is 0 Å². The molecular formula is C31H28N2. The van der Waals surface area contributed by atoms with Crippen molar-refractivity contribution in [2.24, 2.45) is 0 Å². The molecule has 5 aromatic rings. The van der Waals surface area contributed by atoms with Gasteiger partial charge in [-0.1, -0.05) is 86.7 Å². The Hall–Kier alpha value is -3.78. The van der Waals surface area contributed by atoms with Gasteiger partial charge in [0.05, 0.1) is 17.1 Å². The van der Waals surface area contributed by atoms with Gasteiger partial charge in [-0.3, -0.25) is 0 Å². The predicted molar refractivity (Wildman–Crippen MR) is 141 cm³/mol. The fraction of sp³-hybridized carbons (Fsp3) is 0.161. The van der Waals surface area contributed by atoms with E-state index in [9.17, 15) is 0 Å². The van der Waals surface area contributed by atoms with Gasteiger partial charge in [-0.2, -0.15) is 0 Å². The maximum absolute atomic E-state index is 4.09. The highest BCUT2D eigenvalue weighted by Crippen LogP contribution is 2.50. The summed E-state index contributed by atoms with van der Waals surface area (Å²) in [4.78, 5) is 0. The first-order valence-corrected chi connectivity index (χ1v) is 11.6. The molecule has 1 atom stereocenters. The van der Waals surface area contributed by atoms with E-state index in [-0.39, 0.29) is 11.5 Å². The van der Waals surface area contributed by atoms with Crippen molar-refractivity contribution < 1.29 is 0 Å². The van der Waals surface area contributed by atoms with Crippen molar-refractivity contribution in [3.63, 3.8) is 0 Å². The highest BCUT2D eigenvalue weighted by atomic mass is 15.0. The minimum atomic E-state index is -0.0318. The van der Waals surface area contributed by atoms with Crippen LogP contribution in [0.15, 0.2) is 97.6 Å². The van der Waals surface area contributed by atoms with Crippen molar-refractivity contribution in [2.75, 3.05) is 5.32 Å². The molecule has 2 nitrogen and oxygen atoms in total. The van der Waals surface area contributed by atoms with Gasteiger partial charge in [-0.25, -0.2) is 0 Å². The number of hydrogen-bond donors (Lipinski definition) is 1. The summed E-state index contributed by atoms with van der Waals surface area (Å²) in [6.45, 7) is 10.8. The van der Waals surface area contributed by atoms with Gasteiger partial charge >= 0.3 is 0 Å². The van der Waals surface area contributed by atoms with Gasteiger partial charge in [0.1, 0.15) is 0 Å². The lowest BCUT2D eigenvalue weighted by atomic mass is 9.77. The SMILES string of the molecule is C=C(C)c1ccc(-n2c3ccccc3c3cc4c(cc32)C(C)(C)C(c2ccccc2)N4)cc1. The molecule has 6 rings (SSSR count). The highest BCUT2D eigenvalue weighted by Gasteiger charge is 2.40. The van der Waals surface area contributed by atoms with Gasteiger partial charge in [-0.15, -0.1) is 0 Å². The molecule has 0 fully saturated rings. The van der Waals surface area contributed by atoms with E-state index in [4.69, 9.17) is 0 Å². The largest absolute Gasteiger partial charge is 0.377 e. The van der Waals surface area contributed by atoms with Crippen LogP contribution in [0.4, 0.5) is 5.69 Å². The lowest BCUT2D eigenvalue weighted by Gasteiger charge is -2.28. The Morgan fingerprint density at radius 2 is 1.52 bits per heavy atom. The van der Waals surface area contributed by atoms with E-state index >= 15 is 0 Å². The zero-order valence-electron chi connectivity index (χ0n) is 19.4. The van der Waals surface area contributed by atoms with Gasteiger partial charge < -0.3 is 9.88 Å². The maximum Gasteiger partial charge on any atom is 0.0606 e. The number of para-hydroxylation sites is 1. The Morgan fingerprint density at radius 3 is 2.24 bits per heavy atom. The third-order valence-electron chi connectivity index (χ3n) is 7.28. The molecule has 0 bridgehead atoms. The average Bonchev–Trinajstić information content (AvgIpc) is 3.29. The fourth-order valence-corrected chi connectivity index (χ4v) is 5.48. The standard InChI is InChI=1S/C31H28N2/c1-20(2)21-14-16-23(17-15-21)33-28-13-9-8-12-24(28)25-18-27-26(19-29(25)33)31(3,4)30(32-27)22-10-6-5-7-11-22/h5-19,30,32H,1H2,2-4H3. The number of fused-ring (bicyclic) bond motifs is 4. The van der Waals surface area contributed by atoms with Crippen LogP contribution >= 0.6 is 0 Å². The smallest absolute Gasteiger partial charge is 0.0606 e. The van der Waals surface area contributed by atoms with E-state index in [1.807, 2.05) is 0 Å². The van der Waals surface area contributed by atoms with Gasteiger partial charge in [0.15, 0.2) is 0 Å². The number of nitrogens with one attached hydrogen (secondary N) is 1. The zero-order chi connectivity index (χ0) is 22.7. The Kier molecular flexibility index (Phi) is 4.28. The molecule has 162 valence electrons. The number of aromatic nitrogens is 1. The number of rotatable bonds is 3. The number of allylic oxidation sites excluding steroid dienone is 1. The summed E-state index contributed by atoms with van der Waals surface area (Å²) in [5, 5.41) is 6.41. The molecule has 33 heavy (non-hydrogen) atoms. The molecule has 0 spiro atoms. The van der Waals surface area contributed by atoms with Crippen LogP contribution < -0.4 is 5.32 Å². The number of benzene rings is 4. The van der Waals surface area contributed by atoms with Crippen LogP contribution in [0.3, 0.4) is 0 Å². The topological polar surface area (TPSA) is 17.0 Å². The first-order chi connectivity index (χ1) is 15.9. The molecule has 1 unspecified atom stereocenters. The van der Waals surface area contributed by atoms with Gasteiger partial charge in [-0.05, 0) is 53.9 Å². The number of anilines is 1. The van der Waals surface area contributed by atoms with Crippen LogP contribution in [-0.4, -0.2) is 4.57 Å². The molecule has 2 heterocycles. The van der Waals surface area contributed by atoms with E-state index in [0.717, 1.165) is 5.57 Å². The third kappa shape index (κ3) is 2.94. The van der Waals surface area contributed by atoms with Crippen molar-refractivity contribution in [2.45, 2.75) is 32.2 Å². The molecule has 1 aliphatic heterocycles. The average molecular weight is 429 g/mol. The van der Waals surface area contributed by atoms with Crippen molar-refractivity contribution in [3.8, 4) is 5.69 Å². The van der Waals surface area contributed by atoms with Gasteiger partial charge in [0.25, 0.3) is 0 Å². The van der Waals surface area contributed by atoms with Gasteiger partial charge in [0, 0.05) is 27.6 Å². The molecular weight excluding hydrogens is 400 g/mol. The van der Waals surface area contributed by atoms with Crippen molar-refractivity contribution in [1.82, 2.24) is 4.57 Å². The Bertz CT molecular complexity index is 1520. The monoisotopic (exact) mass is 428 g/mol. The summed E-state index contributed by atoms with van der Waals surface area (Å²) >= 11 is 0. The molecule has 1 aliphatic rings. The summed E-state index contributed by atoms with van der Waals surface area (Å²) in [5.74, 6) is 0. The molecule has 0 radical (unpaired) electrons. The molecule has 0 saturated carbocycles. The predicted octanol–water partition coefficient (Wildman–Crippen LogP) is 8.26. The quantitative estimate of drug-likeness (QED) is 0.306. The van der Waals surface area contributed by atoms with E-state index in [0.29, 0.717) is 0 Å². The van der Waals surface area contributed by atoms with E-state index < -0.39 is 0 Å². The maximum atomic E-state index is 4.09. The third-order valence-corrected chi connectivity index (χ3v) is 7.28. The number of hydrogen-bond acceptors (Lipinski definition) is 1. The molecule has 2 heteroatoms. The minimum absolute atomic E-state index is 0.0318. The zero-order valence-corrected chi connectivity index (χ0v) is 19.4. The Labute approximate surface area is 195 Å². The van der Waals surface area contributed by atoms with Crippen molar-refractivity contribution >= 4 is 33.1 Å². The Balaban J connectivity index is 1.59. The second-order valence-electron chi connectivity index (χ2n) is 9.80. The van der Waals surface area contributed by atoms with Crippen molar-refractivity contribution in [3.05, 3.63) is 114 Å². The van der Waals surface area contributed by atoms with Crippen molar-refractivity contribution in [1.29, 1.82) is 0 Å². The lowest BCUT2D eigenvalue weighted by Crippen LogP contribution is -2.25. The van der Waals surface area contributed by atoms with E-state index in [1.165, 1.54) is 49.9 Å². The molecule has 1 aromatic heterocycles. The van der Waals surface area contributed by atoms with Crippen LogP contribution in [-0.2, 0) is 5.41 Å². The normalized spacial score (nSPS) is 16.6. The highest BCUT2D eigenvalue weighted by molar-refractivity contribution is 6.11. The first-order valence-electron chi connectivity index (χ1n) is 11.6. The second-order valence-corrected chi connectivity index (χ2v) is 9.80. The van der Waals surface area contributed by atoms with E-state index in [1.54, 1.807) is 0 Å². The summed E-state index contributed by atoms with van der Waals surface area (Å²) in [5.41, 5.74) is 9.82. The fourth-order valence-electron chi connectivity index (χ4n) is 5.48. The van der Waals surface area contributed by atoms with Crippen LogP contribution in [0.1, 0.15) is 43.5 Å².